The van der Waals surface area contributed by atoms with Gasteiger partial charge in [-0.05, 0) is 12.8 Å². The molecule has 4 nitrogen and oxygen atoms in total. The van der Waals surface area contributed by atoms with Gasteiger partial charge in [0.15, 0.2) is 0 Å². The predicted molar refractivity (Wildman–Crippen MR) is 71.7 cm³/mol. The fraction of sp³-hybridized carbons (Fsp3) is 0.692. The van der Waals surface area contributed by atoms with Crippen molar-refractivity contribution in [3.63, 3.8) is 0 Å². The normalized spacial score (nSPS) is 16.4. The van der Waals surface area contributed by atoms with E-state index in [4.69, 9.17) is 4.98 Å². The molecule has 1 aromatic heterocycles. The number of nitrogens with one attached hydrogen (secondary N) is 1. The Bertz CT molecular complexity index is 389. The highest BCUT2D eigenvalue weighted by molar-refractivity contribution is 5.45. The summed E-state index contributed by atoms with van der Waals surface area (Å²) in [5.41, 5.74) is 1.15. The summed E-state index contributed by atoms with van der Waals surface area (Å²) >= 11 is 0. The molecule has 1 saturated heterocycles. The number of nitrogens with zero attached hydrogens (tertiary/aromatic N) is 3. The maximum absolute atomic E-state index is 4.71. The van der Waals surface area contributed by atoms with Crippen LogP contribution in [0.15, 0.2) is 6.07 Å². The van der Waals surface area contributed by atoms with Gasteiger partial charge in [-0.25, -0.2) is 4.98 Å². The van der Waals surface area contributed by atoms with E-state index in [1.54, 1.807) is 0 Å². The first-order valence-corrected chi connectivity index (χ1v) is 6.33. The molecule has 0 bridgehead atoms. The highest BCUT2D eigenvalue weighted by Crippen LogP contribution is 2.25. The van der Waals surface area contributed by atoms with Crippen molar-refractivity contribution < 1.29 is 0 Å². The minimum absolute atomic E-state index is 0.0585. The van der Waals surface area contributed by atoms with Gasteiger partial charge in [0, 0.05) is 31.6 Å². The monoisotopic (exact) mass is 234 g/mol. The van der Waals surface area contributed by atoms with Gasteiger partial charge in [0.2, 0.25) is 5.95 Å². The molecule has 0 aliphatic carbocycles. The highest BCUT2D eigenvalue weighted by atomic mass is 15.3. The summed E-state index contributed by atoms with van der Waals surface area (Å²) in [4.78, 5) is 11.5. The van der Waals surface area contributed by atoms with Gasteiger partial charge in [0.05, 0.1) is 5.69 Å². The number of rotatable bonds is 2. The zero-order chi connectivity index (χ0) is 12.5. The molecule has 94 valence electrons. The second-order valence-corrected chi connectivity index (χ2v) is 5.63. The lowest BCUT2D eigenvalue weighted by Gasteiger charge is -2.22. The van der Waals surface area contributed by atoms with Crippen LogP contribution < -0.4 is 10.2 Å². The van der Waals surface area contributed by atoms with Gasteiger partial charge in [-0.3, -0.25) is 0 Å². The number of hydrogen-bond donors (Lipinski definition) is 1. The Hall–Kier alpha value is -1.32. The van der Waals surface area contributed by atoms with Gasteiger partial charge in [-0.2, -0.15) is 4.98 Å². The second-order valence-electron chi connectivity index (χ2n) is 5.63. The lowest BCUT2D eigenvalue weighted by Crippen LogP contribution is -2.23. The molecule has 0 unspecified atom stereocenters. The smallest absolute Gasteiger partial charge is 0.227 e. The Labute approximate surface area is 103 Å². The second kappa shape index (κ2) is 4.51. The molecular formula is C13H22N4. The molecule has 0 atom stereocenters. The van der Waals surface area contributed by atoms with E-state index in [1.165, 1.54) is 12.8 Å². The van der Waals surface area contributed by atoms with Crippen molar-refractivity contribution in [2.24, 2.45) is 0 Å². The van der Waals surface area contributed by atoms with Crippen molar-refractivity contribution in [1.29, 1.82) is 0 Å². The molecule has 0 aromatic carbocycles. The zero-order valence-electron chi connectivity index (χ0n) is 11.2. The molecule has 2 rings (SSSR count). The Morgan fingerprint density at radius 2 is 1.82 bits per heavy atom. The summed E-state index contributed by atoms with van der Waals surface area (Å²) < 4.78 is 0. The zero-order valence-corrected chi connectivity index (χ0v) is 11.2. The molecule has 0 amide bonds. The van der Waals surface area contributed by atoms with Crippen molar-refractivity contribution >= 4 is 11.8 Å². The van der Waals surface area contributed by atoms with Crippen LogP contribution in [0.1, 0.15) is 39.3 Å². The Morgan fingerprint density at radius 3 is 2.35 bits per heavy atom. The predicted octanol–water partition coefficient (Wildman–Crippen LogP) is 2.42. The molecule has 1 aliphatic rings. The summed E-state index contributed by atoms with van der Waals surface area (Å²) in [6.45, 7) is 8.71. The van der Waals surface area contributed by atoms with Crippen LogP contribution in [-0.2, 0) is 5.41 Å². The van der Waals surface area contributed by atoms with Gasteiger partial charge >= 0.3 is 0 Å². The third-order valence-electron chi connectivity index (χ3n) is 3.13. The average Bonchev–Trinajstić information content (AvgIpc) is 2.80. The maximum atomic E-state index is 4.71. The van der Waals surface area contributed by atoms with Crippen LogP contribution in [0.2, 0.25) is 0 Å². The van der Waals surface area contributed by atoms with Crippen molar-refractivity contribution in [2.75, 3.05) is 30.4 Å². The van der Waals surface area contributed by atoms with Crippen LogP contribution in [0, 0.1) is 0 Å². The van der Waals surface area contributed by atoms with E-state index in [0.29, 0.717) is 0 Å². The summed E-state index contributed by atoms with van der Waals surface area (Å²) in [7, 11) is 1.91. The summed E-state index contributed by atoms with van der Waals surface area (Å²) in [6, 6.07) is 2.04. The van der Waals surface area contributed by atoms with E-state index in [-0.39, 0.29) is 5.41 Å². The molecule has 0 radical (unpaired) electrons. The van der Waals surface area contributed by atoms with Crippen molar-refractivity contribution in [3.8, 4) is 0 Å². The maximum Gasteiger partial charge on any atom is 0.227 e. The highest BCUT2D eigenvalue weighted by Gasteiger charge is 2.21. The Kier molecular flexibility index (Phi) is 3.22. The third kappa shape index (κ3) is 2.68. The van der Waals surface area contributed by atoms with Gasteiger partial charge in [0.1, 0.15) is 5.82 Å². The molecule has 2 heterocycles. The number of aromatic nitrogens is 2. The fourth-order valence-corrected chi connectivity index (χ4v) is 2.01. The number of hydrogen-bond acceptors (Lipinski definition) is 4. The van der Waals surface area contributed by atoms with Gasteiger partial charge < -0.3 is 10.2 Å². The largest absolute Gasteiger partial charge is 0.373 e. The molecule has 1 aliphatic heterocycles. The molecule has 1 aromatic rings. The summed E-state index contributed by atoms with van der Waals surface area (Å²) in [5.74, 6) is 1.78. The van der Waals surface area contributed by atoms with Gasteiger partial charge in [-0.15, -0.1) is 0 Å². The quantitative estimate of drug-likeness (QED) is 0.853. The van der Waals surface area contributed by atoms with Crippen LogP contribution in [0.25, 0.3) is 0 Å². The standard InChI is InChI=1S/C13H22N4/c1-13(2,3)10-9-11(14-4)16-12(15-10)17-7-5-6-8-17/h9H,5-8H2,1-4H3,(H,14,15,16). The molecule has 0 saturated carbocycles. The minimum Gasteiger partial charge on any atom is -0.373 e. The summed E-state index contributed by atoms with van der Waals surface area (Å²) in [5, 5.41) is 3.13. The lowest BCUT2D eigenvalue weighted by molar-refractivity contribution is 0.566. The van der Waals surface area contributed by atoms with Gasteiger partial charge in [-0.1, -0.05) is 20.8 Å². The molecule has 17 heavy (non-hydrogen) atoms. The van der Waals surface area contributed by atoms with E-state index in [2.05, 4.69) is 36.0 Å². The van der Waals surface area contributed by atoms with Crippen LogP contribution in [0.3, 0.4) is 0 Å². The minimum atomic E-state index is 0.0585. The first-order valence-electron chi connectivity index (χ1n) is 6.33. The van der Waals surface area contributed by atoms with Crippen LogP contribution in [0.5, 0.6) is 0 Å². The summed E-state index contributed by atoms with van der Waals surface area (Å²) in [6.07, 6.45) is 2.50. The van der Waals surface area contributed by atoms with Crippen molar-refractivity contribution in [3.05, 3.63) is 11.8 Å². The Morgan fingerprint density at radius 1 is 1.18 bits per heavy atom. The van der Waals surface area contributed by atoms with Crippen LogP contribution in [-0.4, -0.2) is 30.1 Å². The molecule has 0 spiro atoms. The SMILES string of the molecule is CNc1cc(C(C)(C)C)nc(N2CCCC2)n1. The molecular weight excluding hydrogens is 212 g/mol. The van der Waals surface area contributed by atoms with Crippen molar-refractivity contribution in [2.45, 2.75) is 39.0 Å². The van der Waals surface area contributed by atoms with E-state index in [1.807, 2.05) is 13.1 Å². The van der Waals surface area contributed by atoms with E-state index in [0.717, 1.165) is 30.5 Å². The molecule has 1 fully saturated rings. The number of anilines is 2. The topological polar surface area (TPSA) is 41.1 Å². The fourth-order valence-electron chi connectivity index (χ4n) is 2.01. The first kappa shape index (κ1) is 12.1. The Balaban J connectivity index is 2.38. The van der Waals surface area contributed by atoms with E-state index in [9.17, 15) is 0 Å². The van der Waals surface area contributed by atoms with E-state index < -0.39 is 0 Å². The molecule has 1 N–H and O–H groups in total. The first-order chi connectivity index (χ1) is 8.00. The average molecular weight is 234 g/mol. The van der Waals surface area contributed by atoms with Crippen molar-refractivity contribution in [1.82, 2.24) is 9.97 Å². The van der Waals surface area contributed by atoms with E-state index >= 15 is 0 Å². The third-order valence-corrected chi connectivity index (χ3v) is 3.13. The molecule has 4 heteroatoms. The van der Waals surface area contributed by atoms with Gasteiger partial charge in [0.25, 0.3) is 0 Å². The van der Waals surface area contributed by atoms with Crippen LogP contribution >= 0.6 is 0 Å². The lowest BCUT2D eigenvalue weighted by atomic mass is 9.92. The van der Waals surface area contributed by atoms with Crippen LogP contribution in [0.4, 0.5) is 11.8 Å².